The van der Waals surface area contributed by atoms with E-state index in [0.717, 1.165) is 0 Å². The van der Waals surface area contributed by atoms with Crippen LogP contribution in [0.5, 0.6) is 0 Å². The summed E-state index contributed by atoms with van der Waals surface area (Å²) in [7, 11) is -5.96. The summed E-state index contributed by atoms with van der Waals surface area (Å²) in [6, 6.07) is 0. The molecule has 0 N–H and O–H groups in total. The molecule has 0 aromatic heterocycles. The highest BCUT2D eigenvalue weighted by molar-refractivity contribution is 7.79. The van der Waals surface area contributed by atoms with Crippen LogP contribution in [0.3, 0.4) is 0 Å². The summed E-state index contributed by atoms with van der Waals surface area (Å²) in [6.07, 6.45) is 0. The van der Waals surface area contributed by atoms with Crippen LogP contribution >= 0.6 is 22.1 Å². The minimum absolute atomic E-state index is 0.230. The summed E-state index contributed by atoms with van der Waals surface area (Å²) in [5, 5.41) is 0. The molecule has 0 rings (SSSR count). The molecule has 6 heteroatoms. The van der Waals surface area contributed by atoms with E-state index < -0.39 is 22.1 Å². The van der Waals surface area contributed by atoms with Crippen molar-refractivity contribution in [1.82, 2.24) is 0 Å². The number of hydrogen-bond acceptors (Lipinski definition) is 3. The Morgan fingerprint density at radius 2 is 1.17 bits per heavy atom. The van der Waals surface area contributed by atoms with Crippen molar-refractivity contribution in [2.45, 2.75) is 0 Å². The second-order valence-electron chi connectivity index (χ2n) is 3.91. The van der Waals surface area contributed by atoms with Gasteiger partial charge in [0.25, 0.3) is 0 Å². The van der Waals surface area contributed by atoms with E-state index in [0.29, 0.717) is 0 Å². The normalized spacial score (nSPS) is 13.0. The summed E-state index contributed by atoms with van der Waals surface area (Å²) in [6.45, 7) is 6.43. The molecule has 0 aromatic carbocycles. The second kappa shape index (κ2) is 4.18. The van der Waals surface area contributed by atoms with Gasteiger partial charge in [0.15, 0.2) is 11.8 Å². The smallest absolute Gasteiger partial charge is 0.320 e. The quantitative estimate of drug-likeness (QED) is 0.696. The molecule has 0 unspecified atom stereocenters. The molecule has 12 heavy (non-hydrogen) atoms. The Morgan fingerprint density at radius 1 is 0.917 bits per heavy atom. The van der Waals surface area contributed by atoms with Crippen LogP contribution in [0.15, 0.2) is 0 Å². The Hall–Kier alpha value is 0.560. The summed E-state index contributed by atoms with van der Waals surface area (Å²) >= 11 is 0. The van der Waals surface area contributed by atoms with E-state index in [1.54, 1.807) is 26.7 Å². The minimum Gasteiger partial charge on any atom is -0.320 e. The van der Waals surface area contributed by atoms with E-state index in [4.69, 9.17) is 0 Å². The average molecular weight is 229 g/mol. The molecule has 0 aliphatic rings. The predicted molar refractivity (Wildman–Crippen MR) is 56.2 cm³/mol. The van der Waals surface area contributed by atoms with Crippen molar-refractivity contribution in [3.63, 3.8) is 0 Å². The first-order valence-corrected chi connectivity index (χ1v) is 10.8. The van der Waals surface area contributed by atoms with Crippen molar-refractivity contribution in [1.29, 1.82) is 0 Å². The molecule has 0 aromatic rings. The Labute approximate surface area is 74.8 Å². The maximum Gasteiger partial charge on any atom is 0.354 e. The Bertz CT molecular complexity index is 233. The molecular formula is C6H16O3P3+. The topological polar surface area (TPSA) is 51.2 Å². The third kappa shape index (κ3) is 8.65. The zero-order valence-electron chi connectivity index (χ0n) is 7.98. The lowest BCUT2D eigenvalue weighted by atomic mass is 11.8. The van der Waals surface area contributed by atoms with Crippen LogP contribution in [0, 0.1) is 0 Å². The van der Waals surface area contributed by atoms with Gasteiger partial charge >= 0.3 is 7.80 Å². The van der Waals surface area contributed by atoms with Crippen LogP contribution in [0.4, 0.5) is 0 Å². The van der Waals surface area contributed by atoms with E-state index in [1.165, 1.54) is 0 Å². The van der Waals surface area contributed by atoms with Gasteiger partial charge in [-0.2, -0.15) is 0 Å². The van der Waals surface area contributed by atoms with Crippen molar-refractivity contribution in [3.8, 4) is 0 Å². The van der Waals surface area contributed by atoms with Crippen LogP contribution in [-0.2, 0) is 13.7 Å². The summed E-state index contributed by atoms with van der Waals surface area (Å²) < 4.78 is 33.8. The predicted octanol–water partition coefficient (Wildman–Crippen LogP) is 2.97. The summed E-state index contributed by atoms with van der Waals surface area (Å²) in [5.74, 6) is 0.460. The van der Waals surface area contributed by atoms with Gasteiger partial charge in [-0.15, -0.1) is 0 Å². The molecule has 0 aliphatic heterocycles. The fraction of sp³-hybridized carbons (Fsp3) is 1.00. The molecule has 0 atom stereocenters. The van der Waals surface area contributed by atoms with Gasteiger partial charge in [0.05, 0.1) is 0 Å². The van der Waals surface area contributed by atoms with Crippen molar-refractivity contribution in [2.75, 3.05) is 38.5 Å². The largest absolute Gasteiger partial charge is 0.354 e. The van der Waals surface area contributed by atoms with Gasteiger partial charge in [0.1, 0.15) is 14.3 Å². The number of hydrogen-bond donors (Lipinski definition) is 0. The van der Waals surface area contributed by atoms with Crippen LogP contribution < -0.4 is 0 Å². The maximum atomic E-state index is 11.3. The van der Waals surface area contributed by atoms with Crippen LogP contribution in [-0.4, -0.2) is 38.5 Å². The average Bonchev–Trinajstić information content (AvgIpc) is 1.49. The Kier molecular flexibility index (Phi) is 4.38. The highest BCUT2D eigenvalue weighted by Crippen LogP contribution is 2.53. The molecule has 0 bridgehead atoms. The molecule has 72 valence electrons. The highest BCUT2D eigenvalue weighted by atomic mass is 31.2. The molecule has 0 fully saturated rings. The monoisotopic (exact) mass is 229 g/mol. The first kappa shape index (κ1) is 12.6. The molecule has 0 radical (unpaired) electrons. The van der Waals surface area contributed by atoms with Crippen LogP contribution in [0.25, 0.3) is 0 Å². The number of rotatable bonds is 4. The van der Waals surface area contributed by atoms with Gasteiger partial charge in [-0.25, -0.2) is 0 Å². The third-order valence-electron chi connectivity index (χ3n) is 0.997. The Balaban J connectivity index is 4.10. The van der Waals surface area contributed by atoms with Crippen molar-refractivity contribution in [2.24, 2.45) is 0 Å². The van der Waals surface area contributed by atoms with Gasteiger partial charge < -0.3 is 9.13 Å². The molecule has 0 amide bonds. The van der Waals surface area contributed by atoms with E-state index in [9.17, 15) is 13.7 Å². The standard InChI is InChI=1S/C6H16O3P3/c1-11(2,8)5-10(7)6-12(3,4)9/h5-6H2,1-4H3/q+1. The van der Waals surface area contributed by atoms with E-state index in [1.807, 2.05) is 0 Å². The lowest BCUT2D eigenvalue weighted by Crippen LogP contribution is -1.85. The van der Waals surface area contributed by atoms with Crippen LogP contribution in [0.2, 0.25) is 0 Å². The van der Waals surface area contributed by atoms with Crippen LogP contribution in [0.1, 0.15) is 0 Å². The maximum absolute atomic E-state index is 11.3. The highest BCUT2D eigenvalue weighted by Gasteiger charge is 2.29. The lowest BCUT2D eigenvalue weighted by molar-refractivity contribution is 0.578. The minimum atomic E-state index is -2.21. The molecule has 0 saturated heterocycles. The zero-order chi connectivity index (χ0) is 9.99. The fourth-order valence-corrected chi connectivity index (χ4v) is 8.05. The molecule has 0 aliphatic carbocycles. The van der Waals surface area contributed by atoms with E-state index in [2.05, 4.69) is 0 Å². The summed E-state index contributed by atoms with van der Waals surface area (Å²) in [4.78, 5) is 0. The molecule has 0 heterocycles. The first-order chi connectivity index (χ1) is 5.10. The molecule has 0 spiro atoms. The zero-order valence-corrected chi connectivity index (χ0v) is 10.7. The summed E-state index contributed by atoms with van der Waals surface area (Å²) in [5.41, 5.74) is 0. The van der Waals surface area contributed by atoms with Crippen molar-refractivity contribution in [3.05, 3.63) is 0 Å². The van der Waals surface area contributed by atoms with Gasteiger partial charge in [-0.1, -0.05) is 4.57 Å². The lowest BCUT2D eigenvalue weighted by Gasteiger charge is -1.99. The third-order valence-corrected chi connectivity index (χ3v) is 8.97. The van der Waals surface area contributed by atoms with E-state index >= 15 is 0 Å². The Morgan fingerprint density at radius 3 is 1.33 bits per heavy atom. The van der Waals surface area contributed by atoms with E-state index in [-0.39, 0.29) is 11.8 Å². The second-order valence-corrected chi connectivity index (χ2v) is 13.4. The fourth-order valence-electron chi connectivity index (χ4n) is 0.804. The SMILES string of the molecule is CP(C)(=O)C[P+](=O)CP(C)(C)=O. The van der Waals surface area contributed by atoms with Crippen molar-refractivity contribution < 1.29 is 13.7 Å². The van der Waals surface area contributed by atoms with Crippen molar-refractivity contribution >= 4 is 22.1 Å². The van der Waals surface area contributed by atoms with Gasteiger partial charge in [0.2, 0.25) is 0 Å². The molecule has 3 nitrogen and oxygen atoms in total. The van der Waals surface area contributed by atoms with Gasteiger partial charge in [-0.05, 0) is 26.7 Å². The van der Waals surface area contributed by atoms with Gasteiger partial charge in [0, 0.05) is 0 Å². The van der Waals surface area contributed by atoms with Gasteiger partial charge in [-0.3, -0.25) is 0 Å². The first-order valence-electron chi connectivity index (χ1n) is 3.60. The molecule has 0 saturated carbocycles. The molecular weight excluding hydrogens is 213 g/mol.